The van der Waals surface area contributed by atoms with Crippen LogP contribution >= 0.6 is 0 Å². The van der Waals surface area contributed by atoms with Crippen LogP contribution in [0.15, 0.2) is 372 Å². The Hall–Kier alpha value is -18.9. The minimum atomic E-state index is 0.565. The zero-order valence-electron chi connectivity index (χ0n) is 67.9. The van der Waals surface area contributed by atoms with Crippen molar-refractivity contribution in [1.82, 2.24) is 13.7 Å². The highest BCUT2D eigenvalue weighted by Crippen LogP contribution is 2.49. The fourth-order valence-corrected chi connectivity index (χ4v) is 19.6. The molecule has 27 aromatic rings. The molecule has 9 heterocycles. The molecule has 0 amide bonds. The van der Waals surface area contributed by atoms with Gasteiger partial charge in [-0.15, -0.1) is 0 Å². The summed E-state index contributed by atoms with van der Waals surface area (Å²) in [5, 5.41) is 38.6. The second-order valence-electron chi connectivity index (χ2n) is 32.2. The fraction of sp³-hybridized carbons (Fsp3) is 0. The number of benzene rings is 18. The molecule has 15 heteroatoms. The second-order valence-corrected chi connectivity index (χ2v) is 32.2. The number of hydrogen-bond donors (Lipinski definition) is 0. The van der Waals surface area contributed by atoms with Gasteiger partial charge in [0, 0.05) is 91.9 Å². The molecular weight excluding hydrogens is 1590 g/mol. The maximum atomic E-state index is 10.3. The number of nitriles is 2. The number of furan rings is 6. The first kappa shape index (κ1) is 72.9. The van der Waals surface area contributed by atoms with Gasteiger partial charge >= 0.3 is 0 Å². The molecule has 0 aliphatic carbocycles. The predicted octanol–water partition coefficient (Wildman–Crippen LogP) is 32.7. The van der Waals surface area contributed by atoms with E-state index in [1.807, 2.05) is 218 Å². The highest BCUT2D eigenvalue weighted by atomic mass is 16.4. The van der Waals surface area contributed by atoms with Crippen molar-refractivity contribution >= 4 is 220 Å². The summed E-state index contributed by atoms with van der Waals surface area (Å²) >= 11 is 0. The monoisotopic (exact) mass is 1650 g/mol. The van der Waals surface area contributed by atoms with E-state index >= 15 is 0 Å². The molecular formula is C114H57N9O6. The lowest BCUT2D eigenvalue weighted by molar-refractivity contribution is 0.633. The van der Waals surface area contributed by atoms with E-state index in [-0.39, 0.29) is 0 Å². The molecule has 594 valence electrons. The molecule has 0 unspecified atom stereocenters. The van der Waals surface area contributed by atoms with E-state index in [1.54, 1.807) is 0 Å². The van der Waals surface area contributed by atoms with Gasteiger partial charge in [-0.25, -0.2) is 19.4 Å². The van der Waals surface area contributed by atoms with Gasteiger partial charge in [-0.2, -0.15) is 10.5 Å². The summed E-state index contributed by atoms with van der Waals surface area (Å²) in [6.07, 6.45) is 0. The Balaban J connectivity index is 0.000000105. The molecule has 0 fully saturated rings. The van der Waals surface area contributed by atoms with Crippen molar-refractivity contribution in [1.29, 1.82) is 10.5 Å². The van der Waals surface area contributed by atoms with Crippen LogP contribution in [0.4, 0.5) is 22.7 Å². The van der Waals surface area contributed by atoms with Gasteiger partial charge in [0.15, 0.2) is 56.2 Å². The van der Waals surface area contributed by atoms with Crippen molar-refractivity contribution in [2.75, 3.05) is 0 Å². The number of hydrogen-bond acceptors (Lipinski definition) is 8. The molecule has 0 atom stereocenters. The lowest BCUT2D eigenvalue weighted by atomic mass is 9.98. The third kappa shape index (κ3) is 11.1. The Morgan fingerprint density at radius 3 is 0.961 bits per heavy atom. The van der Waals surface area contributed by atoms with Crippen LogP contribution in [0.5, 0.6) is 0 Å². The van der Waals surface area contributed by atoms with Crippen LogP contribution in [0.2, 0.25) is 0 Å². The SMILES string of the molecule is [C-]#[N+]c1ccc(-n2c3ccccc3c3cc([N+]#[C-])ccc32)c(-c2ccc3oc4c(ccc5c6ccccc6oc54)c3c2)c1.[C-]#[N+]c1ccc2c(c1)c1ccccc1n2-c1c(C#N)cccc1-c1ccc2oc3c(ccc4c5ccccc5oc43)c2c1.[C-]#[N+]c1ccc2c(c1)c1ccccc1n2-c1cc(C#N)ccc1-c1ccc2oc3c(ccc4c5ccccc5oc43)c2c1. The van der Waals surface area contributed by atoms with Crippen LogP contribution in [0.1, 0.15) is 11.1 Å². The normalized spacial score (nSPS) is 11.7. The van der Waals surface area contributed by atoms with Crippen LogP contribution in [-0.2, 0) is 0 Å². The van der Waals surface area contributed by atoms with Crippen molar-refractivity contribution in [2.45, 2.75) is 0 Å². The summed E-state index contributed by atoms with van der Waals surface area (Å²) in [5.41, 5.74) is 27.2. The van der Waals surface area contributed by atoms with Gasteiger partial charge in [0.05, 0.1) is 93.6 Å². The molecule has 9 aromatic heterocycles. The van der Waals surface area contributed by atoms with Gasteiger partial charge < -0.3 is 40.2 Å². The van der Waals surface area contributed by atoms with Gasteiger partial charge in [0.2, 0.25) is 0 Å². The molecule has 129 heavy (non-hydrogen) atoms. The average molecular weight is 1650 g/mol. The second kappa shape index (κ2) is 28.3. The van der Waals surface area contributed by atoms with Gasteiger partial charge in [-0.05, 0) is 214 Å². The summed E-state index contributed by atoms with van der Waals surface area (Å²) in [4.78, 5) is 14.8. The lowest BCUT2D eigenvalue weighted by Crippen LogP contribution is -2.00. The maximum Gasteiger partial charge on any atom is 0.188 e. The van der Waals surface area contributed by atoms with E-state index in [1.165, 1.54) is 0 Å². The van der Waals surface area contributed by atoms with E-state index in [4.69, 9.17) is 52.8 Å². The highest BCUT2D eigenvalue weighted by molar-refractivity contribution is 6.24. The zero-order valence-corrected chi connectivity index (χ0v) is 67.9. The summed E-state index contributed by atoms with van der Waals surface area (Å²) in [6.45, 7) is 30.4. The first-order chi connectivity index (χ1) is 63.7. The fourth-order valence-electron chi connectivity index (χ4n) is 19.6. The first-order valence-corrected chi connectivity index (χ1v) is 41.8. The van der Waals surface area contributed by atoms with E-state index < -0.39 is 0 Å². The molecule has 0 bridgehead atoms. The molecule has 27 rings (SSSR count). The lowest BCUT2D eigenvalue weighted by Gasteiger charge is -2.16. The van der Waals surface area contributed by atoms with Crippen molar-refractivity contribution in [3.63, 3.8) is 0 Å². The summed E-state index contributed by atoms with van der Waals surface area (Å²) in [6, 6.07) is 120. The predicted molar refractivity (Wildman–Crippen MR) is 517 cm³/mol. The number of aromatic nitrogens is 3. The molecule has 0 spiro atoms. The van der Waals surface area contributed by atoms with Crippen LogP contribution in [0.25, 0.3) is 267 Å². The minimum absolute atomic E-state index is 0.565. The van der Waals surface area contributed by atoms with Crippen LogP contribution < -0.4 is 0 Å². The standard InChI is InChI=1S/3C38H19N3O2/c1-39-23-12-16-33(41-32-9-5-3-7-25(32)30-21-24(40-2)13-17-34(30)41)29(20-23)22-11-18-36-31(19-22)28-15-14-27-26-8-4-6-10-35(26)42-37(27)38(28)43-36;1-40-24-14-17-33-30(20-24)26-8-2-4-11-32(26)41(33)36-23(21-39)7-6-10-25(36)22-13-18-35-31(19-22)29-16-15-28-27-9-3-5-12-34(27)42-37(28)38(29)43-35;1-40-24-12-16-33-30(20-24)26-6-2-4-8-32(26)41(33)34-18-22(21-39)10-13-25(34)23-11-17-36-31(19-23)29-15-14-28-27-7-3-5-9-35(27)42-37(28)38(29)43-36/h3-21H;2*2-20H. The van der Waals surface area contributed by atoms with Crippen LogP contribution in [0, 0.1) is 49.0 Å². The van der Waals surface area contributed by atoms with Gasteiger partial charge in [0.25, 0.3) is 0 Å². The number of para-hydroxylation sites is 7. The largest absolute Gasteiger partial charge is 0.452 e. The Morgan fingerprint density at radius 1 is 0.217 bits per heavy atom. The van der Waals surface area contributed by atoms with Crippen molar-refractivity contribution < 1.29 is 26.5 Å². The summed E-state index contributed by atoms with van der Waals surface area (Å²) in [5.74, 6) is 0. The number of nitrogens with zero attached hydrogens (tertiary/aromatic N) is 9. The molecule has 0 saturated carbocycles. The highest BCUT2D eigenvalue weighted by Gasteiger charge is 2.27. The quantitative estimate of drug-likeness (QED) is 0.149. The van der Waals surface area contributed by atoms with E-state index in [9.17, 15) is 10.5 Å². The Labute approximate surface area is 731 Å². The van der Waals surface area contributed by atoms with Crippen molar-refractivity contribution in [3.8, 4) is 62.6 Å². The van der Waals surface area contributed by atoms with Gasteiger partial charge in [0.1, 0.15) is 39.6 Å². The van der Waals surface area contributed by atoms with Crippen molar-refractivity contribution in [3.05, 3.63) is 403 Å². The molecule has 0 N–H and O–H groups in total. The first-order valence-electron chi connectivity index (χ1n) is 41.8. The van der Waals surface area contributed by atoms with E-state index in [0.29, 0.717) is 33.9 Å². The van der Waals surface area contributed by atoms with Gasteiger partial charge in [-0.3, -0.25) is 0 Å². The average Bonchev–Trinajstić information content (AvgIpc) is 1.59. The van der Waals surface area contributed by atoms with Crippen LogP contribution in [-0.4, -0.2) is 13.7 Å². The Bertz CT molecular complexity index is 9730. The smallest absolute Gasteiger partial charge is 0.188 e. The zero-order chi connectivity index (χ0) is 86.0. The molecule has 0 aliphatic rings. The summed E-state index contributed by atoms with van der Waals surface area (Å²) < 4.78 is 44.5. The Kier molecular flexibility index (Phi) is 16.0. The topological polar surface area (TPSA) is 159 Å². The third-order valence-corrected chi connectivity index (χ3v) is 25.3. The molecule has 18 aromatic carbocycles. The molecule has 0 saturated heterocycles. The molecule has 15 nitrogen and oxygen atoms in total. The van der Waals surface area contributed by atoms with E-state index in [0.717, 1.165) is 247 Å². The molecule has 0 aliphatic heterocycles. The van der Waals surface area contributed by atoms with Crippen LogP contribution in [0.3, 0.4) is 0 Å². The third-order valence-electron chi connectivity index (χ3n) is 25.3. The minimum Gasteiger partial charge on any atom is -0.452 e. The van der Waals surface area contributed by atoms with Crippen molar-refractivity contribution in [2.24, 2.45) is 0 Å². The summed E-state index contributed by atoms with van der Waals surface area (Å²) in [7, 11) is 0. The maximum absolute atomic E-state index is 10.3. The van der Waals surface area contributed by atoms with E-state index in [2.05, 4.69) is 173 Å². The molecule has 0 radical (unpaired) electrons. The Morgan fingerprint density at radius 2 is 0.550 bits per heavy atom. The number of fused-ring (bicyclic) bond motifs is 30. The van der Waals surface area contributed by atoms with Gasteiger partial charge in [-0.1, -0.05) is 170 Å². The number of rotatable bonds is 6.